The summed E-state index contributed by atoms with van der Waals surface area (Å²) in [6.07, 6.45) is -3.16. The zero-order chi connectivity index (χ0) is 31.9. The molecule has 0 saturated carbocycles. The summed E-state index contributed by atoms with van der Waals surface area (Å²) in [5.74, 6) is -1.42. The number of nitrogen functional groups attached to an aromatic ring is 1. The molecule has 18 nitrogen and oxygen atoms in total. The number of aromatic nitrogens is 4. The molecule has 0 unspecified atom stereocenters. The lowest BCUT2D eigenvalue weighted by Crippen LogP contribution is -2.44. The fourth-order valence-electron chi connectivity index (χ4n) is 4.43. The summed E-state index contributed by atoms with van der Waals surface area (Å²) in [5, 5.41) is 27.4. The number of esters is 1. The minimum Gasteiger partial charge on any atom is -0.479 e. The lowest BCUT2D eigenvalue weighted by molar-refractivity contribution is -0.149. The maximum Gasteiger partial charge on any atom is 0.327 e. The first kappa shape index (κ1) is 32.8. The SMILES string of the molecule is COc1nc(N)nc2c1ncn2[C@@H]1O[C@H](CO[P@@](=O)(N[C@@H](C)C(=O)OC(C)C)SC[C@@H]2NC(=O)N(C)C2=O)[C@@H](O)[C@@]1(C)O. The molecule has 2 fully saturated rings. The first-order valence-corrected chi connectivity index (χ1v) is 16.3. The average Bonchev–Trinajstić information content (AvgIpc) is 3.53. The number of ether oxygens (including phenoxy) is 3. The van der Waals surface area contributed by atoms with E-state index in [0.717, 1.165) is 4.90 Å². The molecule has 43 heavy (non-hydrogen) atoms. The number of imide groups is 1. The Labute approximate surface area is 250 Å². The van der Waals surface area contributed by atoms with Crippen molar-refractivity contribution in [3.8, 4) is 5.88 Å². The number of nitrogens with one attached hydrogen (secondary N) is 2. The lowest BCUT2D eigenvalue weighted by Gasteiger charge is -2.27. The summed E-state index contributed by atoms with van der Waals surface area (Å²) in [6.45, 7) is 1.49. The number of rotatable bonds is 12. The highest BCUT2D eigenvalue weighted by molar-refractivity contribution is 8.56. The number of amides is 3. The number of anilines is 1. The van der Waals surface area contributed by atoms with Crippen LogP contribution in [0.5, 0.6) is 5.88 Å². The largest absolute Gasteiger partial charge is 0.479 e. The number of hydrogen-bond acceptors (Lipinski definition) is 15. The number of carbonyl (C=O) groups is 3. The third kappa shape index (κ3) is 6.72. The van der Waals surface area contributed by atoms with Crippen LogP contribution >= 0.6 is 18.1 Å². The van der Waals surface area contributed by atoms with E-state index in [4.69, 9.17) is 24.5 Å². The molecule has 0 spiro atoms. The van der Waals surface area contributed by atoms with Crippen LogP contribution in [0.4, 0.5) is 10.7 Å². The molecule has 2 aliphatic rings. The minimum absolute atomic E-state index is 0.0941. The molecular weight excluding hydrogens is 611 g/mol. The third-order valence-electron chi connectivity index (χ3n) is 6.72. The van der Waals surface area contributed by atoms with E-state index in [1.807, 2.05) is 0 Å². The maximum absolute atomic E-state index is 14.0. The van der Waals surface area contributed by atoms with Crippen LogP contribution in [0.15, 0.2) is 6.33 Å². The van der Waals surface area contributed by atoms with Crippen molar-refractivity contribution in [1.29, 1.82) is 0 Å². The van der Waals surface area contributed by atoms with Crippen LogP contribution in [0.1, 0.15) is 33.9 Å². The smallest absolute Gasteiger partial charge is 0.327 e. The molecule has 0 radical (unpaired) electrons. The van der Waals surface area contributed by atoms with Crippen molar-refractivity contribution in [2.24, 2.45) is 0 Å². The van der Waals surface area contributed by atoms with E-state index in [2.05, 4.69) is 25.4 Å². The number of hydrogen-bond donors (Lipinski definition) is 5. The van der Waals surface area contributed by atoms with Gasteiger partial charge in [-0.25, -0.2) is 14.9 Å². The van der Waals surface area contributed by atoms with E-state index in [0.29, 0.717) is 11.4 Å². The van der Waals surface area contributed by atoms with Crippen molar-refractivity contribution in [2.45, 2.75) is 69.9 Å². The van der Waals surface area contributed by atoms with E-state index < -0.39 is 73.5 Å². The van der Waals surface area contributed by atoms with Gasteiger partial charge in [-0.3, -0.25) is 23.6 Å². The fraction of sp³-hybridized carbons (Fsp3) is 0.652. The Balaban J connectivity index is 1.53. The van der Waals surface area contributed by atoms with E-state index in [1.54, 1.807) is 13.8 Å². The highest BCUT2D eigenvalue weighted by atomic mass is 32.7. The van der Waals surface area contributed by atoms with Gasteiger partial charge in [0.2, 0.25) is 11.8 Å². The molecule has 0 bridgehead atoms. The van der Waals surface area contributed by atoms with Gasteiger partial charge < -0.3 is 40.0 Å². The predicted molar refractivity (Wildman–Crippen MR) is 152 cm³/mol. The Morgan fingerprint density at radius 1 is 1.35 bits per heavy atom. The third-order valence-corrected chi connectivity index (χ3v) is 10.8. The number of methoxy groups -OCH3 is 1. The number of aliphatic hydroxyl groups excluding tert-OH is 1. The van der Waals surface area contributed by atoms with Crippen molar-refractivity contribution < 1.29 is 47.9 Å². The van der Waals surface area contributed by atoms with E-state index in [9.17, 15) is 29.2 Å². The van der Waals surface area contributed by atoms with Crippen molar-refractivity contribution in [1.82, 2.24) is 34.8 Å². The zero-order valence-electron chi connectivity index (χ0n) is 24.3. The number of fused-ring (bicyclic) bond motifs is 1. The molecular formula is C23H35N8O10PS. The summed E-state index contributed by atoms with van der Waals surface area (Å²) in [5.41, 5.74) is 4.27. The molecule has 2 aromatic rings. The zero-order valence-corrected chi connectivity index (χ0v) is 26.0. The number of carbonyl (C=O) groups excluding carboxylic acids is 3. The number of nitrogens with two attached hydrogens (primary N) is 1. The molecule has 4 heterocycles. The van der Waals surface area contributed by atoms with Gasteiger partial charge in [0.1, 0.15) is 29.9 Å². The van der Waals surface area contributed by atoms with Gasteiger partial charge in [0.15, 0.2) is 17.4 Å². The highest BCUT2D eigenvalue weighted by Crippen LogP contribution is 2.57. The second-order valence-corrected chi connectivity index (χ2v) is 14.8. The van der Waals surface area contributed by atoms with Crippen LogP contribution in [0.2, 0.25) is 0 Å². The number of urea groups is 1. The molecule has 238 valence electrons. The second-order valence-electron chi connectivity index (χ2n) is 10.4. The van der Waals surface area contributed by atoms with E-state index in [-0.39, 0.29) is 28.7 Å². The van der Waals surface area contributed by atoms with Crippen molar-refractivity contribution in [2.75, 3.05) is 32.3 Å². The van der Waals surface area contributed by atoms with Gasteiger partial charge in [-0.05, 0) is 27.7 Å². The normalized spacial score (nSPS) is 27.9. The van der Waals surface area contributed by atoms with E-state index >= 15 is 0 Å². The number of likely N-dealkylation sites (N-methyl/N-ethyl adjacent to an activating group) is 1. The molecule has 3 amide bonds. The van der Waals surface area contributed by atoms with Gasteiger partial charge in [0.05, 0.1) is 26.1 Å². The first-order valence-electron chi connectivity index (χ1n) is 13.1. The quantitative estimate of drug-likeness (QED) is 0.114. The van der Waals surface area contributed by atoms with Crippen LogP contribution in [0, 0.1) is 0 Å². The lowest BCUT2D eigenvalue weighted by atomic mass is 9.96. The Morgan fingerprint density at radius 3 is 2.65 bits per heavy atom. The summed E-state index contributed by atoms with van der Waals surface area (Å²) < 4.78 is 37.4. The van der Waals surface area contributed by atoms with Gasteiger partial charge in [0, 0.05) is 12.8 Å². The molecule has 2 saturated heterocycles. The summed E-state index contributed by atoms with van der Waals surface area (Å²) >= 11 is 0.677. The minimum atomic E-state index is -4.05. The topological polar surface area (TPSA) is 243 Å². The van der Waals surface area contributed by atoms with Crippen molar-refractivity contribution >= 4 is 53.1 Å². The first-order chi connectivity index (χ1) is 20.1. The average molecular weight is 647 g/mol. The van der Waals surface area contributed by atoms with Crippen LogP contribution in [0.3, 0.4) is 0 Å². The van der Waals surface area contributed by atoms with Crippen LogP contribution < -0.4 is 20.9 Å². The number of nitrogens with zero attached hydrogens (tertiary/aromatic N) is 5. The molecule has 7 atom stereocenters. The molecule has 20 heteroatoms. The Hall–Kier alpha value is -3.06. The molecule has 2 aromatic heterocycles. The van der Waals surface area contributed by atoms with Gasteiger partial charge in [0.25, 0.3) is 5.91 Å². The summed E-state index contributed by atoms with van der Waals surface area (Å²) in [4.78, 5) is 49.9. The standard InChI is InChI=1S/C23H35N8O10PS/c1-10(2)40-19(34)11(3)29-42(37,43-8-12-18(33)30(5)22(35)26-12)39-7-13-15(32)23(4,36)20(41-13)31-9-25-14-16(31)27-21(24)28-17(14)38-6/h9-13,15,20,32,36H,7-8H2,1-6H3,(H,26,35)(H,29,37)(H2,24,27,28)/t11-,12-,13+,15+,20+,23+,42-/m0/s1. The Kier molecular flexibility index (Phi) is 9.55. The fourth-order valence-corrected chi connectivity index (χ4v) is 8.29. The summed E-state index contributed by atoms with van der Waals surface area (Å²) in [7, 11) is 2.68. The Morgan fingerprint density at radius 2 is 2.05 bits per heavy atom. The molecule has 6 N–H and O–H groups in total. The predicted octanol–water partition coefficient (Wildman–Crippen LogP) is -0.236. The monoisotopic (exact) mass is 646 g/mol. The van der Waals surface area contributed by atoms with Crippen molar-refractivity contribution in [3.63, 3.8) is 0 Å². The molecule has 0 aliphatic carbocycles. The number of aliphatic hydroxyl groups is 2. The van der Waals surface area contributed by atoms with Gasteiger partial charge in [-0.2, -0.15) is 9.97 Å². The summed E-state index contributed by atoms with van der Waals surface area (Å²) in [6, 6.07) is -2.70. The van der Waals surface area contributed by atoms with Crippen molar-refractivity contribution in [3.05, 3.63) is 6.33 Å². The van der Waals surface area contributed by atoms with Gasteiger partial charge in [-0.15, -0.1) is 0 Å². The Bertz CT molecular complexity index is 1440. The van der Waals surface area contributed by atoms with Gasteiger partial charge >= 0.3 is 18.7 Å². The van der Waals surface area contributed by atoms with Gasteiger partial charge in [-0.1, -0.05) is 11.4 Å². The molecule has 0 aromatic carbocycles. The van der Waals surface area contributed by atoms with Crippen LogP contribution in [-0.4, -0.2) is 115 Å². The number of imidazole rings is 1. The highest BCUT2D eigenvalue weighted by Gasteiger charge is 2.54. The molecule has 2 aliphatic heterocycles. The molecule has 4 rings (SSSR count). The van der Waals surface area contributed by atoms with E-state index in [1.165, 1.54) is 38.9 Å². The van der Waals surface area contributed by atoms with Crippen LogP contribution in [-0.2, 0) is 28.2 Å². The van der Waals surface area contributed by atoms with Crippen LogP contribution in [0.25, 0.3) is 11.2 Å². The maximum atomic E-state index is 14.0. The second kappa shape index (κ2) is 12.5.